The molecule has 2 aromatic rings. The molecule has 2 N–H and O–H groups in total. The normalized spacial score (nSPS) is 23.6. The number of rotatable bonds is 6. The summed E-state index contributed by atoms with van der Waals surface area (Å²) in [4.78, 5) is 19.6. The first-order chi connectivity index (χ1) is 14.7. The summed E-state index contributed by atoms with van der Waals surface area (Å²) in [6.45, 7) is 4.94. The molecule has 1 atom stereocenters. The molecule has 0 radical (unpaired) electrons. The van der Waals surface area contributed by atoms with Gasteiger partial charge in [0.15, 0.2) is 5.82 Å². The molecule has 2 amide bonds. The van der Waals surface area contributed by atoms with Crippen molar-refractivity contribution in [3.8, 4) is 0 Å². The Labute approximate surface area is 178 Å². The lowest BCUT2D eigenvalue weighted by molar-refractivity contribution is 0.196. The lowest BCUT2D eigenvalue weighted by Gasteiger charge is -2.32. The van der Waals surface area contributed by atoms with Crippen molar-refractivity contribution in [2.45, 2.75) is 69.9 Å². The molecule has 0 spiro atoms. The van der Waals surface area contributed by atoms with Crippen LogP contribution in [0.4, 0.5) is 4.79 Å². The highest BCUT2D eigenvalue weighted by Gasteiger charge is 2.28. The van der Waals surface area contributed by atoms with Gasteiger partial charge in [0.25, 0.3) is 0 Å². The second-order valence-corrected chi connectivity index (χ2v) is 8.67. The largest absolute Gasteiger partial charge is 0.339 e. The SMILES string of the molecule is Cc1noc(C2CCC(NC(=O)NC(CN3CCCCC3)c3ccccc3)CC2)n1. The van der Waals surface area contributed by atoms with Crippen LogP contribution in [0.1, 0.15) is 74.2 Å². The van der Waals surface area contributed by atoms with Gasteiger partial charge in [-0.15, -0.1) is 0 Å². The first-order valence-corrected chi connectivity index (χ1v) is 11.3. The minimum absolute atomic E-state index is 0.00186. The van der Waals surface area contributed by atoms with E-state index < -0.39 is 0 Å². The Morgan fingerprint density at radius 1 is 1.13 bits per heavy atom. The molecule has 7 heteroatoms. The van der Waals surface area contributed by atoms with E-state index in [1.54, 1.807) is 0 Å². The Kier molecular flexibility index (Phi) is 7.00. The predicted octanol–water partition coefficient (Wildman–Crippen LogP) is 3.93. The average Bonchev–Trinajstić information content (AvgIpc) is 3.21. The van der Waals surface area contributed by atoms with Gasteiger partial charge < -0.3 is 20.1 Å². The van der Waals surface area contributed by atoms with E-state index in [-0.39, 0.29) is 18.1 Å². The number of hydrogen-bond donors (Lipinski definition) is 2. The van der Waals surface area contributed by atoms with Crippen LogP contribution in [0, 0.1) is 6.92 Å². The van der Waals surface area contributed by atoms with E-state index in [1.807, 2.05) is 25.1 Å². The molecule has 162 valence electrons. The smallest absolute Gasteiger partial charge is 0.315 e. The summed E-state index contributed by atoms with van der Waals surface area (Å²) in [6.07, 6.45) is 7.59. The zero-order chi connectivity index (χ0) is 20.8. The molecule has 7 nitrogen and oxygen atoms in total. The molecule has 1 aromatic carbocycles. The molecule has 1 aliphatic heterocycles. The van der Waals surface area contributed by atoms with Crippen molar-refractivity contribution in [1.29, 1.82) is 0 Å². The topological polar surface area (TPSA) is 83.3 Å². The second kappa shape index (κ2) is 10.1. The molecule has 2 heterocycles. The molecule has 1 saturated carbocycles. The number of benzene rings is 1. The maximum absolute atomic E-state index is 12.8. The summed E-state index contributed by atoms with van der Waals surface area (Å²) < 4.78 is 5.33. The molecule has 1 aliphatic carbocycles. The Morgan fingerprint density at radius 3 is 2.53 bits per heavy atom. The van der Waals surface area contributed by atoms with E-state index in [9.17, 15) is 4.79 Å². The summed E-state index contributed by atoms with van der Waals surface area (Å²) >= 11 is 0. The molecular formula is C23H33N5O2. The van der Waals surface area contributed by atoms with Gasteiger partial charge in [0.05, 0.1) is 6.04 Å². The molecule has 2 aliphatic rings. The van der Waals surface area contributed by atoms with Gasteiger partial charge >= 0.3 is 6.03 Å². The van der Waals surface area contributed by atoms with Crippen molar-refractivity contribution in [3.63, 3.8) is 0 Å². The number of aryl methyl sites for hydroxylation is 1. The summed E-state index contributed by atoms with van der Waals surface area (Å²) in [6, 6.07) is 10.4. The monoisotopic (exact) mass is 411 g/mol. The number of hydrogen-bond acceptors (Lipinski definition) is 5. The fourth-order valence-corrected chi connectivity index (χ4v) is 4.67. The third-order valence-electron chi connectivity index (χ3n) is 6.35. The number of piperidine rings is 1. The van der Waals surface area contributed by atoms with Crippen LogP contribution < -0.4 is 10.6 Å². The molecule has 1 saturated heterocycles. The van der Waals surface area contributed by atoms with Gasteiger partial charge in [-0.25, -0.2) is 4.79 Å². The first-order valence-electron chi connectivity index (χ1n) is 11.3. The van der Waals surface area contributed by atoms with Crippen molar-refractivity contribution < 1.29 is 9.32 Å². The number of amides is 2. The maximum Gasteiger partial charge on any atom is 0.315 e. The fraction of sp³-hybridized carbons (Fsp3) is 0.609. The Bertz CT molecular complexity index is 795. The zero-order valence-corrected chi connectivity index (χ0v) is 17.8. The standard InChI is InChI=1S/C23H33N5O2/c1-17-24-22(30-27-17)19-10-12-20(13-11-19)25-23(29)26-21(18-8-4-2-5-9-18)16-28-14-6-3-7-15-28/h2,4-5,8-9,19-21H,3,6-7,10-16H2,1H3,(H2,25,26,29). The number of carbonyl (C=O) groups is 1. The van der Waals surface area contributed by atoms with E-state index >= 15 is 0 Å². The highest BCUT2D eigenvalue weighted by Crippen LogP contribution is 2.32. The number of likely N-dealkylation sites (tertiary alicyclic amines) is 1. The Morgan fingerprint density at radius 2 is 1.87 bits per heavy atom. The van der Waals surface area contributed by atoms with Crippen molar-refractivity contribution in [2.75, 3.05) is 19.6 Å². The van der Waals surface area contributed by atoms with Gasteiger partial charge in [-0.1, -0.05) is 41.9 Å². The quantitative estimate of drug-likeness (QED) is 0.752. The molecule has 1 aromatic heterocycles. The third kappa shape index (κ3) is 5.59. The van der Waals surface area contributed by atoms with Crippen LogP contribution in [0.3, 0.4) is 0 Å². The number of nitrogens with zero attached hydrogens (tertiary/aromatic N) is 3. The number of urea groups is 1. The summed E-state index contributed by atoms with van der Waals surface area (Å²) in [5.74, 6) is 1.73. The van der Waals surface area contributed by atoms with E-state index in [4.69, 9.17) is 4.52 Å². The van der Waals surface area contributed by atoms with E-state index in [0.717, 1.165) is 56.8 Å². The van der Waals surface area contributed by atoms with Crippen LogP contribution in [0.5, 0.6) is 0 Å². The van der Waals surface area contributed by atoms with Gasteiger partial charge in [-0.05, 0) is 64.1 Å². The van der Waals surface area contributed by atoms with Crippen molar-refractivity contribution in [3.05, 3.63) is 47.6 Å². The molecular weight excluding hydrogens is 378 g/mol. The van der Waals surface area contributed by atoms with Crippen LogP contribution in [-0.4, -0.2) is 46.7 Å². The van der Waals surface area contributed by atoms with Gasteiger partial charge in [0, 0.05) is 18.5 Å². The summed E-state index contributed by atoms with van der Waals surface area (Å²) in [5, 5.41) is 10.3. The molecule has 1 unspecified atom stereocenters. The van der Waals surface area contributed by atoms with Crippen LogP contribution in [0.15, 0.2) is 34.9 Å². The van der Waals surface area contributed by atoms with Crippen molar-refractivity contribution in [2.24, 2.45) is 0 Å². The van der Waals surface area contributed by atoms with Crippen LogP contribution in [0.25, 0.3) is 0 Å². The zero-order valence-electron chi connectivity index (χ0n) is 17.8. The molecule has 2 fully saturated rings. The number of aromatic nitrogens is 2. The summed E-state index contributed by atoms with van der Waals surface area (Å²) in [5.41, 5.74) is 1.16. The molecule has 4 rings (SSSR count). The van der Waals surface area contributed by atoms with E-state index in [1.165, 1.54) is 19.3 Å². The fourth-order valence-electron chi connectivity index (χ4n) is 4.67. The van der Waals surface area contributed by atoms with Gasteiger partial charge in [0.2, 0.25) is 5.89 Å². The highest BCUT2D eigenvalue weighted by molar-refractivity contribution is 5.74. The minimum atomic E-state index is -0.0713. The first kappa shape index (κ1) is 20.8. The van der Waals surface area contributed by atoms with Gasteiger partial charge in [0.1, 0.15) is 0 Å². The van der Waals surface area contributed by atoms with Crippen molar-refractivity contribution >= 4 is 6.03 Å². The Balaban J connectivity index is 1.30. The van der Waals surface area contributed by atoms with Crippen molar-refractivity contribution in [1.82, 2.24) is 25.7 Å². The van der Waals surface area contributed by atoms with Gasteiger partial charge in [-0.2, -0.15) is 4.98 Å². The highest BCUT2D eigenvalue weighted by atomic mass is 16.5. The van der Waals surface area contributed by atoms with E-state index in [0.29, 0.717) is 11.7 Å². The molecule has 30 heavy (non-hydrogen) atoms. The number of nitrogens with one attached hydrogen (secondary N) is 2. The van der Waals surface area contributed by atoms with Crippen LogP contribution in [0.2, 0.25) is 0 Å². The lowest BCUT2D eigenvalue weighted by Crippen LogP contribution is -2.47. The lowest BCUT2D eigenvalue weighted by atomic mass is 9.86. The third-order valence-corrected chi connectivity index (χ3v) is 6.35. The predicted molar refractivity (Wildman–Crippen MR) is 115 cm³/mol. The summed E-state index contributed by atoms with van der Waals surface area (Å²) in [7, 11) is 0. The number of carbonyl (C=O) groups excluding carboxylic acids is 1. The van der Waals surface area contributed by atoms with Gasteiger partial charge in [-0.3, -0.25) is 0 Å². The minimum Gasteiger partial charge on any atom is -0.339 e. The maximum atomic E-state index is 12.8. The van der Waals surface area contributed by atoms with E-state index in [2.05, 4.69) is 37.8 Å². The van der Waals surface area contributed by atoms with Crippen LogP contribution in [-0.2, 0) is 0 Å². The Hall–Kier alpha value is -2.41. The molecule has 0 bridgehead atoms. The second-order valence-electron chi connectivity index (χ2n) is 8.67. The average molecular weight is 412 g/mol. The van der Waals surface area contributed by atoms with Crippen LogP contribution >= 0.6 is 0 Å².